The summed E-state index contributed by atoms with van der Waals surface area (Å²) >= 11 is 0. The van der Waals surface area contributed by atoms with Gasteiger partial charge in [-0.1, -0.05) is 167 Å². The minimum Gasteiger partial charge on any atom is -0.387 e. The molecule has 3 heteroatoms. The lowest BCUT2D eigenvalue weighted by atomic mass is 10.0. The SMILES string of the molecule is CCCCCCCCCCCCCC=C[C@@H](O)[C@H](C)NC(=O)CCCCCCCCCCCCCCC. The zero-order chi connectivity index (χ0) is 27.2. The Morgan fingerprint density at radius 3 is 1.35 bits per heavy atom. The van der Waals surface area contributed by atoms with Crippen molar-refractivity contribution >= 4 is 5.91 Å². The molecule has 0 aromatic carbocycles. The lowest BCUT2D eigenvalue weighted by Crippen LogP contribution is -2.40. The van der Waals surface area contributed by atoms with Crippen molar-refractivity contribution in [2.45, 2.75) is 200 Å². The van der Waals surface area contributed by atoms with Gasteiger partial charge in [-0.25, -0.2) is 0 Å². The number of allylic oxidation sites excluding steroid dienone is 1. The lowest BCUT2D eigenvalue weighted by Gasteiger charge is -2.17. The molecule has 0 aliphatic carbocycles. The molecule has 1 amide bonds. The van der Waals surface area contributed by atoms with Crippen LogP contribution in [0, 0.1) is 0 Å². The van der Waals surface area contributed by atoms with Gasteiger partial charge in [0.2, 0.25) is 5.91 Å². The molecule has 0 unspecified atom stereocenters. The molecule has 2 atom stereocenters. The first kappa shape index (κ1) is 36.2. The van der Waals surface area contributed by atoms with Gasteiger partial charge in [0.1, 0.15) is 0 Å². The van der Waals surface area contributed by atoms with Crippen LogP contribution in [0.2, 0.25) is 0 Å². The molecule has 0 aliphatic rings. The third-order valence-electron chi connectivity index (χ3n) is 7.72. The number of unbranched alkanes of at least 4 members (excludes halogenated alkanes) is 23. The molecule has 0 aliphatic heterocycles. The van der Waals surface area contributed by atoms with Crippen molar-refractivity contribution in [3.8, 4) is 0 Å². The molecule has 0 heterocycles. The van der Waals surface area contributed by atoms with E-state index in [-0.39, 0.29) is 11.9 Å². The average Bonchev–Trinajstić information content (AvgIpc) is 2.89. The normalized spacial score (nSPS) is 13.3. The van der Waals surface area contributed by atoms with Crippen molar-refractivity contribution in [2.24, 2.45) is 0 Å². The Hall–Kier alpha value is -0.830. The van der Waals surface area contributed by atoms with Gasteiger partial charge < -0.3 is 10.4 Å². The molecular weight excluding hydrogens is 454 g/mol. The maximum atomic E-state index is 12.2. The predicted molar refractivity (Wildman–Crippen MR) is 164 cm³/mol. The van der Waals surface area contributed by atoms with Gasteiger partial charge in [-0.3, -0.25) is 4.79 Å². The lowest BCUT2D eigenvalue weighted by molar-refractivity contribution is -0.122. The van der Waals surface area contributed by atoms with E-state index in [0.717, 1.165) is 19.3 Å². The largest absolute Gasteiger partial charge is 0.387 e. The smallest absolute Gasteiger partial charge is 0.220 e. The van der Waals surface area contributed by atoms with Gasteiger partial charge in [0.15, 0.2) is 0 Å². The number of aliphatic hydroxyl groups excluding tert-OH is 1. The van der Waals surface area contributed by atoms with Gasteiger partial charge >= 0.3 is 0 Å². The van der Waals surface area contributed by atoms with Crippen molar-refractivity contribution in [3.05, 3.63) is 12.2 Å². The number of amides is 1. The van der Waals surface area contributed by atoms with Crippen LogP contribution in [-0.4, -0.2) is 23.2 Å². The minimum atomic E-state index is -0.594. The fourth-order valence-corrected chi connectivity index (χ4v) is 5.04. The predicted octanol–water partition coefficient (Wildman–Crippen LogP) is 10.6. The molecule has 0 aromatic rings. The summed E-state index contributed by atoms with van der Waals surface area (Å²) in [4.78, 5) is 12.2. The van der Waals surface area contributed by atoms with Crippen molar-refractivity contribution in [1.29, 1.82) is 0 Å². The number of hydrogen-bond donors (Lipinski definition) is 2. The highest BCUT2D eigenvalue weighted by Crippen LogP contribution is 2.14. The van der Waals surface area contributed by atoms with Crippen LogP contribution in [-0.2, 0) is 4.79 Å². The van der Waals surface area contributed by atoms with Gasteiger partial charge in [0, 0.05) is 6.42 Å². The van der Waals surface area contributed by atoms with Crippen LogP contribution in [0.1, 0.15) is 188 Å². The van der Waals surface area contributed by atoms with E-state index in [4.69, 9.17) is 0 Å². The Bertz CT molecular complexity index is 490. The third kappa shape index (κ3) is 28.0. The van der Waals surface area contributed by atoms with E-state index in [0.29, 0.717) is 6.42 Å². The Labute approximate surface area is 233 Å². The van der Waals surface area contributed by atoms with Crippen LogP contribution in [0.4, 0.5) is 0 Å². The monoisotopic (exact) mass is 522 g/mol. The van der Waals surface area contributed by atoms with Crippen LogP contribution in [0.15, 0.2) is 12.2 Å². The van der Waals surface area contributed by atoms with Crippen molar-refractivity contribution in [3.63, 3.8) is 0 Å². The van der Waals surface area contributed by atoms with Crippen LogP contribution in [0.5, 0.6) is 0 Å². The van der Waals surface area contributed by atoms with Gasteiger partial charge in [-0.2, -0.15) is 0 Å². The van der Waals surface area contributed by atoms with Gasteiger partial charge in [-0.15, -0.1) is 0 Å². The Balaban J connectivity index is 3.50. The number of hydrogen-bond acceptors (Lipinski definition) is 2. The molecule has 0 saturated heterocycles. The van der Waals surface area contributed by atoms with E-state index < -0.39 is 6.10 Å². The number of rotatable bonds is 29. The molecule has 220 valence electrons. The quantitative estimate of drug-likeness (QED) is 0.0759. The molecule has 0 radical (unpaired) electrons. The first-order valence-electron chi connectivity index (χ1n) is 16.8. The number of nitrogens with one attached hydrogen (secondary N) is 1. The van der Waals surface area contributed by atoms with Crippen LogP contribution in [0.25, 0.3) is 0 Å². The van der Waals surface area contributed by atoms with Gasteiger partial charge in [0.05, 0.1) is 12.1 Å². The summed E-state index contributed by atoms with van der Waals surface area (Å²) in [5.41, 5.74) is 0. The molecular formula is C34H67NO2. The zero-order valence-electron chi connectivity index (χ0n) is 25.5. The number of carbonyl (C=O) groups is 1. The second-order valence-corrected chi connectivity index (χ2v) is 11.6. The van der Waals surface area contributed by atoms with E-state index in [2.05, 4.69) is 25.2 Å². The van der Waals surface area contributed by atoms with Crippen LogP contribution < -0.4 is 5.32 Å². The van der Waals surface area contributed by atoms with E-state index in [1.807, 2.05) is 13.0 Å². The Morgan fingerprint density at radius 2 is 0.946 bits per heavy atom. The maximum Gasteiger partial charge on any atom is 0.220 e. The topological polar surface area (TPSA) is 49.3 Å². The summed E-state index contributed by atoms with van der Waals surface area (Å²) in [6, 6.07) is -0.219. The first-order chi connectivity index (χ1) is 18.1. The second kappa shape index (κ2) is 29.7. The molecule has 0 fully saturated rings. The average molecular weight is 522 g/mol. The molecule has 0 bridgehead atoms. The molecule has 0 aromatic heterocycles. The fraction of sp³-hybridized carbons (Fsp3) is 0.912. The van der Waals surface area contributed by atoms with Crippen LogP contribution >= 0.6 is 0 Å². The molecule has 0 rings (SSSR count). The first-order valence-corrected chi connectivity index (χ1v) is 16.8. The van der Waals surface area contributed by atoms with E-state index in [1.165, 1.54) is 141 Å². The standard InChI is InChI=1S/C34H67NO2/c1-4-6-8-10-12-14-16-18-20-22-24-26-28-30-33(36)32(3)35-34(37)31-29-27-25-23-21-19-17-15-13-11-9-7-5-2/h28,30,32-33,36H,4-27,29,31H2,1-3H3,(H,35,37)/t32-,33+/m0/s1. The highest BCUT2D eigenvalue weighted by molar-refractivity contribution is 5.76. The Kier molecular flexibility index (Phi) is 29.1. The summed E-state index contributed by atoms with van der Waals surface area (Å²) in [7, 11) is 0. The summed E-state index contributed by atoms with van der Waals surface area (Å²) in [5, 5.41) is 13.3. The number of aliphatic hydroxyl groups is 1. The zero-order valence-corrected chi connectivity index (χ0v) is 25.5. The van der Waals surface area contributed by atoms with Crippen molar-refractivity contribution < 1.29 is 9.90 Å². The fourth-order valence-electron chi connectivity index (χ4n) is 5.04. The van der Waals surface area contributed by atoms with Crippen LogP contribution in [0.3, 0.4) is 0 Å². The molecule has 0 spiro atoms. The van der Waals surface area contributed by atoms with Gasteiger partial charge in [-0.05, 0) is 26.2 Å². The molecule has 3 nitrogen and oxygen atoms in total. The highest BCUT2D eigenvalue weighted by atomic mass is 16.3. The molecule has 2 N–H and O–H groups in total. The minimum absolute atomic E-state index is 0.0772. The summed E-state index contributed by atoms with van der Waals surface area (Å²) < 4.78 is 0. The molecule has 37 heavy (non-hydrogen) atoms. The maximum absolute atomic E-state index is 12.2. The third-order valence-corrected chi connectivity index (χ3v) is 7.72. The van der Waals surface area contributed by atoms with Crippen molar-refractivity contribution in [2.75, 3.05) is 0 Å². The second-order valence-electron chi connectivity index (χ2n) is 11.6. The number of carbonyl (C=O) groups excluding carboxylic acids is 1. The summed E-state index contributed by atoms with van der Waals surface area (Å²) in [6.45, 7) is 6.45. The Morgan fingerprint density at radius 1 is 0.595 bits per heavy atom. The van der Waals surface area contributed by atoms with E-state index >= 15 is 0 Å². The molecule has 0 saturated carbocycles. The van der Waals surface area contributed by atoms with Gasteiger partial charge in [0.25, 0.3) is 0 Å². The van der Waals surface area contributed by atoms with Crippen molar-refractivity contribution in [1.82, 2.24) is 5.32 Å². The summed E-state index contributed by atoms with van der Waals surface area (Å²) in [6.07, 6.45) is 37.0. The van der Waals surface area contributed by atoms with E-state index in [9.17, 15) is 9.90 Å². The summed E-state index contributed by atoms with van der Waals surface area (Å²) in [5.74, 6) is 0.0772. The highest BCUT2D eigenvalue weighted by Gasteiger charge is 2.13. The van der Waals surface area contributed by atoms with E-state index in [1.54, 1.807) is 0 Å².